The molecule has 2 aromatic heterocycles. The summed E-state index contributed by atoms with van der Waals surface area (Å²) in [5, 5.41) is 18.6. The second-order valence-corrected chi connectivity index (χ2v) is 11.0. The van der Waals surface area contributed by atoms with Gasteiger partial charge in [-0.15, -0.1) is 0 Å². The van der Waals surface area contributed by atoms with Gasteiger partial charge in [0.05, 0.1) is 22.6 Å². The topological polar surface area (TPSA) is 118 Å². The highest BCUT2D eigenvalue weighted by molar-refractivity contribution is 7.90. The molecule has 0 saturated carbocycles. The van der Waals surface area contributed by atoms with E-state index in [1.165, 1.54) is 18.4 Å². The number of fused-ring (bicyclic) bond motifs is 1. The Morgan fingerprint density at radius 3 is 2.74 bits per heavy atom. The van der Waals surface area contributed by atoms with Crippen LogP contribution in [0.25, 0.3) is 22.8 Å². The molecule has 0 unspecified atom stereocenters. The molecule has 0 aliphatic rings. The minimum Gasteiger partial charge on any atom is -0.391 e. The molecule has 0 spiro atoms. The lowest BCUT2D eigenvalue weighted by molar-refractivity contribution is -0.114. The third kappa shape index (κ3) is 7.20. The van der Waals surface area contributed by atoms with Crippen molar-refractivity contribution < 1.29 is 18.3 Å². The molecule has 3 rings (SSSR count). The Hall–Kier alpha value is -3.08. The van der Waals surface area contributed by atoms with E-state index in [1.54, 1.807) is 37.7 Å². The first-order chi connectivity index (χ1) is 16.4. The summed E-state index contributed by atoms with van der Waals surface area (Å²) in [5.74, 6) is -0.393. The van der Waals surface area contributed by atoms with Crippen molar-refractivity contribution in [1.29, 1.82) is 0 Å². The number of aryl methyl sites for hydroxylation is 2. The van der Waals surface area contributed by atoms with Crippen LogP contribution in [0.5, 0.6) is 0 Å². The summed E-state index contributed by atoms with van der Waals surface area (Å²) in [4.78, 5) is 12.4. The molecule has 0 atom stereocenters. The Morgan fingerprint density at radius 2 is 2.03 bits per heavy atom. The van der Waals surface area contributed by atoms with Crippen molar-refractivity contribution in [3.63, 3.8) is 0 Å². The van der Waals surface area contributed by atoms with E-state index in [9.17, 15) is 18.3 Å². The molecule has 9 nitrogen and oxygen atoms in total. The Labute approximate surface area is 210 Å². The van der Waals surface area contributed by atoms with E-state index in [1.807, 2.05) is 40.6 Å². The average Bonchev–Trinajstić information content (AvgIpc) is 3.26. The summed E-state index contributed by atoms with van der Waals surface area (Å²) in [5.41, 5.74) is 1.48. The second-order valence-electron chi connectivity index (χ2n) is 8.84. The molecule has 0 aliphatic heterocycles. The van der Waals surface area contributed by atoms with E-state index in [0.717, 1.165) is 16.7 Å². The van der Waals surface area contributed by atoms with Crippen molar-refractivity contribution >= 4 is 44.5 Å². The summed E-state index contributed by atoms with van der Waals surface area (Å²) in [6.07, 6.45) is 8.02. The molecule has 3 aromatic rings. The standard InChI is InChI=1S/C24H30ClN5O4S/c1-17-20(23(29(4)27-17)30-14-10-18-16-19(25)6-8-21(18)30)7-9-22(31)28-35(33,34)15-5-12-26-13-11-24(2,3)32/h5-10,12,14,16,26,32H,11,13,15H2,1-4H3,(H,28,31)/b9-7+,12-5?. The van der Waals surface area contributed by atoms with Crippen molar-refractivity contribution in [3.05, 3.63) is 65.1 Å². The molecule has 1 amide bonds. The van der Waals surface area contributed by atoms with Crippen LogP contribution in [-0.2, 0) is 21.9 Å². The maximum absolute atomic E-state index is 12.4. The van der Waals surface area contributed by atoms with Gasteiger partial charge in [-0.25, -0.2) is 13.1 Å². The van der Waals surface area contributed by atoms with Gasteiger partial charge < -0.3 is 15.0 Å². The lowest BCUT2D eigenvalue weighted by atomic mass is 10.1. The molecule has 0 bridgehead atoms. The lowest BCUT2D eigenvalue weighted by Crippen LogP contribution is -2.30. The molecule has 0 radical (unpaired) electrons. The van der Waals surface area contributed by atoms with Crippen molar-refractivity contribution in [2.24, 2.45) is 7.05 Å². The maximum Gasteiger partial charge on any atom is 0.257 e. The number of aliphatic hydroxyl groups is 1. The number of hydrogen-bond donors (Lipinski definition) is 3. The third-order valence-electron chi connectivity index (χ3n) is 5.21. The van der Waals surface area contributed by atoms with E-state index >= 15 is 0 Å². The predicted molar refractivity (Wildman–Crippen MR) is 139 cm³/mol. The van der Waals surface area contributed by atoms with Gasteiger partial charge in [-0.3, -0.25) is 9.48 Å². The van der Waals surface area contributed by atoms with Crippen molar-refractivity contribution in [1.82, 2.24) is 24.4 Å². The number of rotatable bonds is 10. The molecule has 0 fully saturated rings. The highest BCUT2D eigenvalue weighted by Gasteiger charge is 2.16. The van der Waals surface area contributed by atoms with Crippen LogP contribution in [0.4, 0.5) is 0 Å². The molecular formula is C24H30ClN5O4S. The smallest absolute Gasteiger partial charge is 0.257 e. The highest BCUT2D eigenvalue weighted by atomic mass is 35.5. The fourth-order valence-electron chi connectivity index (χ4n) is 3.55. The Kier molecular flexibility index (Phi) is 8.09. The quantitative estimate of drug-likeness (QED) is 0.280. The van der Waals surface area contributed by atoms with Gasteiger partial charge in [0, 0.05) is 41.8 Å². The monoisotopic (exact) mass is 519 g/mol. The normalized spacial score (nSPS) is 12.7. The Balaban J connectivity index is 1.69. The minimum absolute atomic E-state index is 0.364. The number of amides is 1. The summed E-state index contributed by atoms with van der Waals surface area (Å²) >= 11 is 6.10. The van der Waals surface area contributed by atoms with Gasteiger partial charge in [-0.05, 0) is 63.7 Å². The van der Waals surface area contributed by atoms with Gasteiger partial charge in [0.25, 0.3) is 5.91 Å². The van der Waals surface area contributed by atoms with E-state index < -0.39 is 21.5 Å². The number of aromatic nitrogens is 3. The fraction of sp³-hybridized carbons (Fsp3) is 0.333. The molecule has 0 aliphatic carbocycles. The second kappa shape index (κ2) is 10.7. The zero-order chi connectivity index (χ0) is 25.8. The maximum atomic E-state index is 12.4. The Morgan fingerprint density at radius 1 is 1.29 bits per heavy atom. The summed E-state index contributed by atoms with van der Waals surface area (Å²) in [6, 6.07) is 7.50. The lowest BCUT2D eigenvalue weighted by Gasteiger charge is -2.16. The van der Waals surface area contributed by atoms with Crippen molar-refractivity contribution in [3.8, 4) is 5.82 Å². The molecule has 1 aromatic carbocycles. The molecule has 2 heterocycles. The van der Waals surface area contributed by atoms with Crippen LogP contribution >= 0.6 is 11.6 Å². The zero-order valence-corrected chi connectivity index (χ0v) is 21.7. The molecular weight excluding hydrogens is 490 g/mol. The van der Waals surface area contributed by atoms with Crippen molar-refractivity contribution in [2.75, 3.05) is 12.3 Å². The number of nitrogens with one attached hydrogen (secondary N) is 2. The average molecular weight is 520 g/mol. The first kappa shape index (κ1) is 26.5. The third-order valence-corrected chi connectivity index (χ3v) is 6.59. The van der Waals surface area contributed by atoms with Gasteiger partial charge in [-0.2, -0.15) is 5.10 Å². The minimum atomic E-state index is -3.86. The number of hydrogen-bond acceptors (Lipinski definition) is 6. The van der Waals surface area contributed by atoms with Crippen LogP contribution in [0.2, 0.25) is 5.02 Å². The zero-order valence-electron chi connectivity index (χ0n) is 20.1. The highest BCUT2D eigenvalue weighted by Crippen LogP contribution is 2.27. The van der Waals surface area contributed by atoms with Gasteiger partial charge >= 0.3 is 0 Å². The van der Waals surface area contributed by atoms with E-state index in [-0.39, 0.29) is 5.75 Å². The van der Waals surface area contributed by atoms with E-state index in [2.05, 4.69) is 10.4 Å². The SMILES string of the molecule is Cc1nn(C)c(-n2ccc3cc(Cl)ccc32)c1/C=C/C(=O)NS(=O)(=O)CC=CNCCC(C)(C)O. The van der Waals surface area contributed by atoms with Crippen LogP contribution < -0.4 is 10.0 Å². The van der Waals surface area contributed by atoms with E-state index in [4.69, 9.17) is 11.6 Å². The number of halogens is 1. The van der Waals surface area contributed by atoms with E-state index in [0.29, 0.717) is 29.2 Å². The van der Waals surface area contributed by atoms with Crippen molar-refractivity contribution in [2.45, 2.75) is 32.8 Å². The number of carbonyl (C=O) groups is 1. The number of carbonyl (C=O) groups excluding carboxylic acids is 1. The first-order valence-electron chi connectivity index (χ1n) is 11.0. The molecule has 35 heavy (non-hydrogen) atoms. The van der Waals surface area contributed by atoms with Gasteiger partial charge in [-0.1, -0.05) is 17.7 Å². The summed E-state index contributed by atoms with van der Waals surface area (Å²) in [7, 11) is -2.06. The Bertz CT molecular complexity index is 1380. The number of benzene rings is 1. The van der Waals surface area contributed by atoms with Gasteiger partial charge in [0.15, 0.2) is 0 Å². The summed E-state index contributed by atoms with van der Waals surface area (Å²) in [6.45, 7) is 5.69. The van der Waals surface area contributed by atoms with Crippen LogP contribution in [0.15, 0.2) is 48.8 Å². The number of nitrogens with zero attached hydrogens (tertiary/aromatic N) is 3. The van der Waals surface area contributed by atoms with Crippen LogP contribution in [0, 0.1) is 6.92 Å². The summed E-state index contributed by atoms with van der Waals surface area (Å²) < 4.78 is 30.1. The fourth-order valence-corrected chi connectivity index (χ4v) is 4.54. The first-order valence-corrected chi connectivity index (χ1v) is 13.0. The molecule has 3 N–H and O–H groups in total. The van der Waals surface area contributed by atoms with Crippen LogP contribution in [0.3, 0.4) is 0 Å². The largest absolute Gasteiger partial charge is 0.391 e. The molecule has 0 saturated heterocycles. The van der Waals surface area contributed by atoms with Gasteiger partial charge in [0.2, 0.25) is 10.0 Å². The molecule has 11 heteroatoms. The van der Waals surface area contributed by atoms with Gasteiger partial charge in [0.1, 0.15) is 5.82 Å². The van der Waals surface area contributed by atoms with Crippen LogP contribution in [0.1, 0.15) is 31.5 Å². The molecule has 188 valence electrons. The van der Waals surface area contributed by atoms with Crippen LogP contribution in [-0.4, -0.2) is 51.7 Å². The predicted octanol–water partition coefficient (Wildman–Crippen LogP) is 3.05. The number of sulfonamides is 1.